The van der Waals surface area contributed by atoms with E-state index in [-0.39, 0.29) is 11.5 Å². The first-order valence-electron chi connectivity index (χ1n) is 6.15. The van der Waals surface area contributed by atoms with E-state index >= 15 is 0 Å². The van der Waals surface area contributed by atoms with Crippen molar-refractivity contribution in [1.82, 2.24) is 19.9 Å². The first kappa shape index (κ1) is 13.1. The fourth-order valence-electron chi connectivity index (χ4n) is 1.71. The molecule has 6 nitrogen and oxygen atoms in total. The number of aryl methyl sites for hydroxylation is 1. The van der Waals surface area contributed by atoms with Crippen molar-refractivity contribution in [2.24, 2.45) is 0 Å². The number of pyridine rings is 1. The van der Waals surface area contributed by atoms with Crippen molar-refractivity contribution >= 4 is 5.91 Å². The topological polar surface area (TPSA) is 79.8 Å². The van der Waals surface area contributed by atoms with Gasteiger partial charge in [0.2, 0.25) is 5.91 Å². The maximum absolute atomic E-state index is 11.6. The highest BCUT2D eigenvalue weighted by Crippen LogP contribution is 1.92. The third kappa shape index (κ3) is 4.09. The molecule has 0 bridgehead atoms. The molecule has 2 N–H and O–H groups in total. The van der Waals surface area contributed by atoms with Crippen LogP contribution >= 0.6 is 0 Å². The molecule has 0 spiro atoms. The molecule has 2 aromatic rings. The minimum atomic E-state index is -0.0900. The number of hydrogen-bond acceptors (Lipinski definition) is 3. The van der Waals surface area contributed by atoms with Crippen molar-refractivity contribution in [3.05, 3.63) is 53.0 Å². The van der Waals surface area contributed by atoms with Crippen molar-refractivity contribution in [3.8, 4) is 0 Å². The van der Waals surface area contributed by atoms with Gasteiger partial charge in [-0.2, -0.15) is 0 Å². The van der Waals surface area contributed by atoms with Crippen molar-refractivity contribution in [3.63, 3.8) is 0 Å². The lowest BCUT2D eigenvalue weighted by atomic mass is 10.3. The highest BCUT2D eigenvalue weighted by atomic mass is 16.1. The van der Waals surface area contributed by atoms with E-state index < -0.39 is 0 Å². The Morgan fingerprint density at radius 1 is 1.42 bits per heavy atom. The van der Waals surface area contributed by atoms with E-state index in [9.17, 15) is 9.59 Å². The summed E-state index contributed by atoms with van der Waals surface area (Å²) in [5.74, 6) is -0.0599. The van der Waals surface area contributed by atoms with Gasteiger partial charge in [0, 0.05) is 50.1 Å². The summed E-state index contributed by atoms with van der Waals surface area (Å²) in [6.07, 6.45) is 6.04. The number of aromatic amines is 1. The summed E-state index contributed by atoms with van der Waals surface area (Å²) in [7, 11) is 0. The van der Waals surface area contributed by atoms with E-state index in [0.29, 0.717) is 19.5 Å². The number of hydrogen-bond donors (Lipinski definition) is 2. The van der Waals surface area contributed by atoms with E-state index in [0.717, 1.165) is 12.1 Å². The Hall–Kier alpha value is -2.37. The SMILES string of the molecule is O=C(CCn1ccccc1=O)NCCc1cnc[nH]1. The van der Waals surface area contributed by atoms with Gasteiger partial charge in [-0.05, 0) is 6.07 Å². The number of nitrogens with one attached hydrogen (secondary N) is 2. The molecule has 0 saturated carbocycles. The lowest BCUT2D eigenvalue weighted by molar-refractivity contribution is -0.121. The number of rotatable bonds is 6. The van der Waals surface area contributed by atoms with E-state index in [1.807, 2.05) is 0 Å². The zero-order chi connectivity index (χ0) is 13.5. The molecule has 0 fully saturated rings. The summed E-state index contributed by atoms with van der Waals surface area (Å²) in [5.41, 5.74) is 0.896. The maximum atomic E-state index is 11.6. The van der Waals surface area contributed by atoms with Gasteiger partial charge in [-0.3, -0.25) is 9.59 Å². The van der Waals surface area contributed by atoms with Crippen molar-refractivity contribution in [2.75, 3.05) is 6.54 Å². The van der Waals surface area contributed by atoms with E-state index in [1.54, 1.807) is 30.9 Å². The zero-order valence-electron chi connectivity index (χ0n) is 10.5. The summed E-state index contributed by atoms with van der Waals surface area (Å²) in [6, 6.07) is 4.94. The predicted molar refractivity (Wildman–Crippen MR) is 70.6 cm³/mol. The second-order valence-corrected chi connectivity index (χ2v) is 4.16. The van der Waals surface area contributed by atoms with Gasteiger partial charge in [0.25, 0.3) is 5.56 Å². The monoisotopic (exact) mass is 260 g/mol. The Labute approximate surface area is 110 Å². The maximum Gasteiger partial charge on any atom is 0.250 e. The molecule has 19 heavy (non-hydrogen) atoms. The van der Waals surface area contributed by atoms with Gasteiger partial charge in [-0.15, -0.1) is 0 Å². The number of carbonyl (C=O) groups excluding carboxylic acids is 1. The molecule has 2 aromatic heterocycles. The van der Waals surface area contributed by atoms with Gasteiger partial charge in [0.05, 0.1) is 6.33 Å². The van der Waals surface area contributed by atoms with Crippen LogP contribution in [0.2, 0.25) is 0 Å². The van der Waals surface area contributed by atoms with Gasteiger partial charge in [-0.1, -0.05) is 6.07 Å². The highest BCUT2D eigenvalue weighted by Gasteiger charge is 2.02. The second-order valence-electron chi connectivity index (χ2n) is 4.16. The molecule has 100 valence electrons. The number of aromatic nitrogens is 3. The Morgan fingerprint density at radius 2 is 2.32 bits per heavy atom. The van der Waals surface area contributed by atoms with Crippen LogP contribution in [-0.2, 0) is 17.8 Å². The van der Waals surface area contributed by atoms with Crippen molar-refractivity contribution in [2.45, 2.75) is 19.4 Å². The summed E-state index contributed by atoms with van der Waals surface area (Å²) in [6.45, 7) is 0.959. The molecule has 0 unspecified atom stereocenters. The van der Waals surface area contributed by atoms with Crippen LogP contribution in [0.1, 0.15) is 12.1 Å². The van der Waals surface area contributed by atoms with E-state index in [1.165, 1.54) is 10.6 Å². The lowest BCUT2D eigenvalue weighted by Crippen LogP contribution is -2.28. The van der Waals surface area contributed by atoms with Gasteiger partial charge in [0.15, 0.2) is 0 Å². The van der Waals surface area contributed by atoms with Crippen LogP contribution < -0.4 is 10.9 Å². The third-order valence-electron chi connectivity index (χ3n) is 2.75. The average Bonchev–Trinajstić information content (AvgIpc) is 2.91. The largest absolute Gasteiger partial charge is 0.356 e. The van der Waals surface area contributed by atoms with Crippen LogP contribution in [0.5, 0.6) is 0 Å². The van der Waals surface area contributed by atoms with E-state index in [2.05, 4.69) is 15.3 Å². The van der Waals surface area contributed by atoms with Gasteiger partial charge < -0.3 is 14.9 Å². The molecular formula is C13H16N4O2. The predicted octanol–water partition coefficient (Wildman–Crippen LogP) is 0.320. The number of amides is 1. The van der Waals surface area contributed by atoms with E-state index in [4.69, 9.17) is 0 Å². The molecule has 1 amide bonds. The quantitative estimate of drug-likeness (QED) is 0.785. The van der Waals surface area contributed by atoms with Crippen LogP contribution in [0.15, 0.2) is 41.7 Å². The average molecular weight is 260 g/mol. The van der Waals surface area contributed by atoms with Crippen molar-refractivity contribution in [1.29, 1.82) is 0 Å². The summed E-state index contributed by atoms with van der Waals surface area (Å²) < 4.78 is 1.52. The molecule has 6 heteroatoms. The lowest BCUT2D eigenvalue weighted by Gasteiger charge is -2.06. The minimum absolute atomic E-state index is 0.0599. The highest BCUT2D eigenvalue weighted by molar-refractivity contribution is 5.75. The first-order valence-corrected chi connectivity index (χ1v) is 6.15. The first-order chi connectivity index (χ1) is 9.25. The molecular weight excluding hydrogens is 244 g/mol. The molecule has 0 aliphatic rings. The fraction of sp³-hybridized carbons (Fsp3) is 0.308. The van der Waals surface area contributed by atoms with Crippen LogP contribution in [0.3, 0.4) is 0 Å². The normalized spacial score (nSPS) is 10.3. The fourth-order valence-corrected chi connectivity index (χ4v) is 1.71. The summed E-state index contributed by atoms with van der Waals surface area (Å²) >= 11 is 0. The van der Waals surface area contributed by atoms with Crippen LogP contribution in [-0.4, -0.2) is 27.0 Å². The summed E-state index contributed by atoms with van der Waals surface area (Å²) in [5, 5.41) is 2.81. The van der Waals surface area contributed by atoms with Crippen molar-refractivity contribution < 1.29 is 4.79 Å². The molecule has 0 aliphatic heterocycles. The Morgan fingerprint density at radius 3 is 3.05 bits per heavy atom. The Balaban J connectivity index is 1.70. The molecule has 0 radical (unpaired) electrons. The number of nitrogens with zero attached hydrogens (tertiary/aromatic N) is 2. The smallest absolute Gasteiger partial charge is 0.250 e. The van der Waals surface area contributed by atoms with Crippen LogP contribution in [0.4, 0.5) is 0 Å². The zero-order valence-corrected chi connectivity index (χ0v) is 10.5. The number of imidazole rings is 1. The van der Waals surface area contributed by atoms with Crippen LogP contribution in [0.25, 0.3) is 0 Å². The van der Waals surface area contributed by atoms with Crippen LogP contribution in [0, 0.1) is 0 Å². The molecule has 2 rings (SSSR count). The number of carbonyl (C=O) groups is 1. The number of H-pyrrole nitrogens is 1. The van der Waals surface area contributed by atoms with Gasteiger partial charge >= 0.3 is 0 Å². The molecule has 0 aliphatic carbocycles. The third-order valence-corrected chi connectivity index (χ3v) is 2.75. The molecule has 0 saturated heterocycles. The Bertz CT molecular complexity index is 574. The minimum Gasteiger partial charge on any atom is -0.356 e. The van der Waals surface area contributed by atoms with Gasteiger partial charge in [0.1, 0.15) is 0 Å². The standard InChI is InChI=1S/C13H16N4O2/c18-12(15-6-4-11-9-14-10-16-11)5-8-17-7-2-1-3-13(17)19/h1-3,7,9-10H,4-6,8H2,(H,14,16)(H,15,18). The summed E-state index contributed by atoms with van der Waals surface area (Å²) in [4.78, 5) is 29.9. The molecule has 0 aromatic carbocycles. The molecule has 2 heterocycles. The molecule has 0 atom stereocenters. The Kier molecular flexibility index (Phi) is 4.49. The van der Waals surface area contributed by atoms with Gasteiger partial charge in [-0.25, -0.2) is 4.98 Å². The second kappa shape index (κ2) is 6.53.